The van der Waals surface area contributed by atoms with Crippen LogP contribution < -0.4 is 5.32 Å². The van der Waals surface area contributed by atoms with Gasteiger partial charge in [0, 0.05) is 12.0 Å². The number of halogens is 3. The van der Waals surface area contributed by atoms with Crippen LogP contribution in [0.2, 0.25) is 0 Å². The molecule has 0 saturated heterocycles. The molecule has 2 nitrogen and oxygen atoms in total. The molecule has 1 amide bonds. The Balaban J connectivity index is 2.75. The van der Waals surface area contributed by atoms with Crippen LogP contribution in [0.3, 0.4) is 0 Å². The molecule has 0 aliphatic rings. The maximum Gasteiger partial charge on any atom is 0.471 e. The van der Waals surface area contributed by atoms with Crippen molar-refractivity contribution in [2.24, 2.45) is 0 Å². The fourth-order valence-corrected chi connectivity index (χ4v) is 1.49. The van der Waals surface area contributed by atoms with Crippen molar-refractivity contribution in [3.8, 4) is 23.7 Å². The molecule has 0 spiro atoms. The Bertz CT molecular complexity index is 682. The van der Waals surface area contributed by atoms with E-state index in [0.717, 1.165) is 19.3 Å². The Hall–Kier alpha value is -2.66. The van der Waals surface area contributed by atoms with Crippen molar-refractivity contribution in [1.82, 2.24) is 0 Å². The predicted octanol–water partition coefficient (Wildman–Crippen LogP) is 4.29. The van der Waals surface area contributed by atoms with E-state index in [1.807, 2.05) is 5.32 Å². The molecule has 23 heavy (non-hydrogen) atoms. The fourth-order valence-electron chi connectivity index (χ4n) is 1.49. The lowest BCUT2D eigenvalue weighted by Gasteiger charge is -2.09. The lowest BCUT2D eigenvalue weighted by molar-refractivity contribution is -0.167. The molecule has 0 bridgehead atoms. The minimum absolute atomic E-state index is 0.0183. The van der Waals surface area contributed by atoms with Crippen LogP contribution in [0.1, 0.15) is 31.7 Å². The van der Waals surface area contributed by atoms with Crippen LogP contribution in [0.4, 0.5) is 18.9 Å². The van der Waals surface area contributed by atoms with Crippen LogP contribution in [0, 0.1) is 23.7 Å². The van der Waals surface area contributed by atoms with E-state index in [-0.39, 0.29) is 5.69 Å². The number of amides is 1. The number of carbonyl (C=O) groups excluding carboxylic acids is 1. The molecule has 1 aromatic carbocycles. The van der Waals surface area contributed by atoms with E-state index in [1.165, 1.54) is 24.3 Å². The van der Waals surface area contributed by atoms with Gasteiger partial charge in [0.05, 0.1) is 5.69 Å². The lowest BCUT2D eigenvalue weighted by Crippen LogP contribution is -2.30. The fraction of sp³-hybridized carbons (Fsp3) is 0.278. The summed E-state index contributed by atoms with van der Waals surface area (Å²) < 4.78 is 36.8. The Kier molecular flexibility index (Phi) is 7.50. The number of nitrogens with one attached hydrogen (secondary N) is 1. The Morgan fingerprint density at radius 2 is 1.91 bits per heavy atom. The maximum absolute atomic E-state index is 12.3. The van der Waals surface area contributed by atoms with E-state index in [9.17, 15) is 18.0 Å². The number of alkyl halides is 3. The summed E-state index contributed by atoms with van der Waals surface area (Å²) in [5, 5.41) is 1.81. The third-order valence-electron chi connectivity index (χ3n) is 2.65. The highest BCUT2D eigenvalue weighted by Crippen LogP contribution is 2.20. The van der Waals surface area contributed by atoms with Crippen molar-refractivity contribution in [2.75, 3.05) is 5.32 Å². The summed E-state index contributed by atoms with van der Waals surface area (Å²) >= 11 is 0. The summed E-state index contributed by atoms with van der Waals surface area (Å²) in [6.45, 7) is 2.08. The van der Waals surface area contributed by atoms with Crippen LogP contribution in [-0.4, -0.2) is 12.1 Å². The zero-order valence-corrected chi connectivity index (χ0v) is 12.6. The molecule has 5 heteroatoms. The second kappa shape index (κ2) is 9.38. The monoisotopic (exact) mass is 319 g/mol. The molecule has 0 aliphatic carbocycles. The molecule has 1 N–H and O–H groups in total. The van der Waals surface area contributed by atoms with Crippen LogP contribution in [-0.2, 0) is 4.79 Å². The standard InChI is InChI=1S/C18H16F3NO/c1-2-3-4-5-6-7-8-9-12-15-13-10-11-14-16(15)22-17(23)18(19,20)21/h7-8,10-11,13-14H,2-4H2,1H3,(H,22,23)/b8-7-. The van der Waals surface area contributed by atoms with Crippen molar-refractivity contribution >= 4 is 11.6 Å². The molecule has 0 heterocycles. The first-order valence-electron chi connectivity index (χ1n) is 7.07. The van der Waals surface area contributed by atoms with Crippen LogP contribution in [0.15, 0.2) is 36.4 Å². The SMILES string of the molecule is CCCCC#C/C=C\C#Cc1ccccc1NC(=O)C(F)(F)F. The van der Waals surface area contributed by atoms with E-state index in [2.05, 4.69) is 30.6 Å². The number of hydrogen-bond donors (Lipinski definition) is 1. The number of carbonyl (C=O) groups is 1. The summed E-state index contributed by atoms with van der Waals surface area (Å²) in [4.78, 5) is 11.0. The van der Waals surface area contributed by atoms with Crippen LogP contribution >= 0.6 is 0 Å². The summed E-state index contributed by atoms with van der Waals surface area (Å²) in [5.74, 6) is 9.11. The summed E-state index contributed by atoms with van der Waals surface area (Å²) in [6.07, 6.45) is 1.10. The average molecular weight is 319 g/mol. The van der Waals surface area contributed by atoms with Crippen molar-refractivity contribution in [2.45, 2.75) is 32.4 Å². The summed E-state index contributed by atoms with van der Waals surface area (Å²) in [7, 11) is 0. The molecule has 0 unspecified atom stereocenters. The summed E-state index contributed by atoms with van der Waals surface area (Å²) in [5.41, 5.74) is 0.318. The number of hydrogen-bond acceptors (Lipinski definition) is 1. The zero-order valence-electron chi connectivity index (χ0n) is 12.6. The van der Waals surface area contributed by atoms with Gasteiger partial charge in [0.25, 0.3) is 0 Å². The molecule has 0 aromatic heterocycles. The molecule has 0 saturated carbocycles. The molecule has 0 aliphatic heterocycles. The number of para-hydroxylation sites is 1. The van der Waals surface area contributed by atoms with E-state index in [1.54, 1.807) is 12.1 Å². The van der Waals surface area contributed by atoms with Crippen LogP contribution in [0.25, 0.3) is 0 Å². The molecule has 120 valence electrons. The van der Waals surface area contributed by atoms with Crippen molar-refractivity contribution < 1.29 is 18.0 Å². The predicted molar refractivity (Wildman–Crippen MR) is 84.4 cm³/mol. The molecular formula is C18H16F3NO. The van der Waals surface area contributed by atoms with E-state index in [4.69, 9.17) is 0 Å². The van der Waals surface area contributed by atoms with Gasteiger partial charge in [-0.2, -0.15) is 13.2 Å². The van der Waals surface area contributed by atoms with E-state index in [0.29, 0.717) is 5.56 Å². The molecule has 0 radical (unpaired) electrons. The van der Waals surface area contributed by atoms with Gasteiger partial charge < -0.3 is 5.32 Å². The normalized spacial score (nSPS) is 10.4. The maximum atomic E-state index is 12.3. The molecule has 0 atom stereocenters. The summed E-state index contributed by atoms with van der Waals surface area (Å²) in [6, 6.07) is 6.04. The minimum Gasteiger partial charge on any atom is -0.317 e. The largest absolute Gasteiger partial charge is 0.471 e. The van der Waals surface area contributed by atoms with Gasteiger partial charge in [-0.05, 0) is 30.7 Å². The highest BCUT2D eigenvalue weighted by molar-refractivity contribution is 5.96. The average Bonchev–Trinajstić information content (AvgIpc) is 2.50. The van der Waals surface area contributed by atoms with Crippen LogP contribution in [0.5, 0.6) is 0 Å². The molecule has 0 fully saturated rings. The van der Waals surface area contributed by atoms with Gasteiger partial charge in [-0.15, -0.1) is 0 Å². The van der Waals surface area contributed by atoms with Crippen molar-refractivity contribution in [3.63, 3.8) is 0 Å². The topological polar surface area (TPSA) is 29.1 Å². The second-order valence-electron chi connectivity index (χ2n) is 4.52. The molecular weight excluding hydrogens is 303 g/mol. The molecule has 1 aromatic rings. The van der Waals surface area contributed by atoms with Gasteiger partial charge >= 0.3 is 12.1 Å². The number of rotatable bonds is 3. The first kappa shape index (κ1) is 18.4. The van der Waals surface area contributed by atoms with Crippen molar-refractivity contribution in [1.29, 1.82) is 0 Å². The van der Waals surface area contributed by atoms with E-state index >= 15 is 0 Å². The minimum atomic E-state index is -4.94. The number of anilines is 1. The lowest BCUT2D eigenvalue weighted by atomic mass is 10.2. The number of benzene rings is 1. The van der Waals surface area contributed by atoms with Gasteiger partial charge in [-0.25, -0.2) is 0 Å². The Labute approximate surface area is 133 Å². The first-order valence-corrected chi connectivity index (χ1v) is 7.07. The van der Waals surface area contributed by atoms with Gasteiger partial charge in [-0.3, -0.25) is 4.79 Å². The van der Waals surface area contributed by atoms with Gasteiger partial charge in [0.15, 0.2) is 0 Å². The second-order valence-corrected chi connectivity index (χ2v) is 4.52. The highest BCUT2D eigenvalue weighted by Gasteiger charge is 2.38. The quantitative estimate of drug-likeness (QED) is 0.653. The first-order chi connectivity index (χ1) is 10.9. The molecule has 1 rings (SSSR count). The van der Waals surface area contributed by atoms with Gasteiger partial charge in [0.1, 0.15) is 0 Å². The number of unbranched alkanes of at least 4 members (excludes halogenated alkanes) is 2. The van der Waals surface area contributed by atoms with Crippen molar-refractivity contribution in [3.05, 3.63) is 42.0 Å². The van der Waals surface area contributed by atoms with Gasteiger partial charge in [0.2, 0.25) is 0 Å². The highest BCUT2D eigenvalue weighted by atomic mass is 19.4. The Morgan fingerprint density at radius 3 is 2.61 bits per heavy atom. The number of allylic oxidation sites excluding steroid dienone is 2. The Morgan fingerprint density at radius 1 is 1.22 bits per heavy atom. The third-order valence-corrected chi connectivity index (χ3v) is 2.65. The van der Waals surface area contributed by atoms with E-state index < -0.39 is 12.1 Å². The van der Waals surface area contributed by atoms with Gasteiger partial charge in [-0.1, -0.05) is 49.2 Å². The third kappa shape index (κ3) is 7.24. The smallest absolute Gasteiger partial charge is 0.317 e. The zero-order chi connectivity index (χ0) is 17.1.